The first-order chi connectivity index (χ1) is 8.86. The zero-order valence-corrected chi connectivity index (χ0v) is 15.3. The molecule has 3 nitrogen and oxygen atoms in total. The summed E-state index contributed by atoms with van der Waals surface area (Å²) in [5.74, 6) is 2.95. The second-order valence-corrected chi connectivity index (χ2v) is 8.47. The van der Waals surface area contributed by atoms with Gasteiger partial charge in [0.15, 0.2) is 0 Å². The van der Waals surface area contributed by atoms with Gasteiger partial charge in [-0.15, -0.1) is 0 Å². The van der Waals surface area contributed by atoms with Crippen LogP contribution in [0.1, 0.15) is 38.5 Å². The topological polar surface area (TPSA) is 29.1 Å². The fraction of sp³-hybridized carbons (Fsp3) is 0.938. The standard InChI is InChI=1S/C16H28N2O.HI/c1-18(2,3)5-4-17-15(19)16-9-12-6-13(10-16)8-14(7-12)11-16;/h12-14H,4-11H2,1-3H3;1H. The van der Waals surface area contributed by atoms with Gasteiger partial charge in [0.05, 0.1) is 34.2 Å². The molecular weight excluding hydrogens is 363 g/mol. The van der Waals surface area contributed by atoms with E-state index in [1.807, 2.05) is 0 Å². The third kappa shape index (κ3) is 3.32. The summed E-state index contributed by atoms with van der Waals surface area (Å²) in [7, 11) is 6.53. The molecule has 0 saturated heterocycles. The average Bonchev–Trinajstić information content (AvgIpc) is 2.25. The second-order valence-electron chi connectivity index (χ2n) is 8.47. The Bertz CT molecular complexity index is 340. The van der Waals surface area contributed by atoms with E-state index in [0.717, 1.165) is 35.3 Å². The molecule has 0 radical (unpaired) electrons. The van der Waals surface area contributed by atoms with E-state index in [0.29, 0.717) is 5.91 Å². The molecule has 0 spiro atoms. The minimum Gasteiger partial charge on any atom is -1.00 e. The predicted octanol–water partition coefficient (Wildman–Crippen LogP) is -0.971. The molecule has 4 bridgehead atoms. The number of halogens is 1. The summed E-state index contributed by atoms with van der Waals surface area (Å²) in [6.07, 6.45) is 7.75. The lowest BCUT2D eigenvalue weighted by Gasteiger charge is -2.55. The van der Waals surface area contributed by atoms with E-state index < -0.39 is 0 Å². The maximum atomic E-state index is 12.7. The van der Waals surface area contributed by atoms with Crippen molar-refractivity contribution in [3.05, 3.63) is 0 Å². The van der Waals surface area contributed by atoms with Gasteiger partial charge in [0, 0.05) is 5.41 Å². The number of carbonyl (C=O) groups excluding carboxylic acids is 1. The van der Waals surface area contributed by atoms with Gasteiger partial charge in [0.25, 0.3) is 0 Å². The van der Waals surface area contributed by atoms with Crippen molar-refractivity contribution in [2.24, 2.45) is 23.2 Å². The first-order valence-corrected chi connectivity index (χ1v) is 7.95. The van der Waals surface area contributed by atoms with Crippen LogP contribution in [0.15, 0.2) is 0 Å². The van der Waals surface area contributed by atoms with Crippen LogP contribution in [0.4, 0.5) is 0 Å². The maximum Gasteiger partial charge on any atom is 0.226 e. The molecule has 20 heavy (non-hydrogen) atoms. The summed E-state index contributed by atoms with van der Waals surface area (Å²) in [6, 6.07) is 0. The van der Waals surface area contributed by atoms with Crippen molar-refractivity contribution in [2.75, 3.05) is 34.2 Å². The molecule has 1 amide bonds. The first kappa shape index (κ1) is 16.5. The normalized spacial score (nSPS) is 38.5. The molecule has 0 unspecified atom stereocenters. The van der Waals surface area contributed by atoms with E-state index in [1.54, 1.807) is 0 Å². The number of rotatable bonds is 4. The number of hydrogen-bond acceptors (Lipinski definition) is 1. The monoisotopic (exact) mass is 392 g/mol. The van der Waals surface area contributed by atoms with Crippen molar-refractivity contribution in [3.8, 4) is 0 Å². The highest BCUT2D eigenvalue weighted by molar-refractivity contribution is 5.83. The highest BCUT2D eigenvalue weighted by atomic mass is 127. The molecule has 4 fully saturated rings. The summed E-state index contributed by atoms with van der Waals surface area (Å²) in [5, 5.41) is 3.24. The number of nitrogens with one attached hydrogen (secondary N) is 1. The van der Waals surface area contributed by atoms with Crippen LogP contribution in [0.5, 0.6) is 0 Å². The summed E-state index contributed by atoms with van der Waals surface area (Å²) in [5.41, 5.74) is 0.0274. The molecule has 0 atom stereocenters. The molecule has 1 N–H and O–H groups in total. The summed E-state index contributed by atoms with van der Waals surface area (Å²) < 4.78 is 0.918. The third-order valence-electron chi connectivity index (χ3n) is 5.59. The number of likely N-dealkylation sites (N-methyl/N-ethyl adjacent to an activating group) is 1. The van der Waals surface area contributed by atoms with E-state index in [4.69, 9.17) is 0 Å². The Morgan fingerprint density at radius 1 is 1.05 bits per heavy atom. The van der Waals surface area contributed by atoms with E-state index in [9.17, 15) is 4.79 Å². The van der Waals surface area contributed by atoms with E-state index in [-0.39, 0.29) is 29.4 Å². The Morgan fingerprint density at radius 3 is 1.90 bits per heavy atom. The summed E-state index contributed by atoms with van der Waals surface area (Å²) in [6.45, 7) is 1.84. The van der Waals surface area contributed by atoms with E-state index >= 15 is 0 Å². The van der Waals surface area contributed by atoms with Gasteiger partial charge in [0.2, 0.25) is 5.91 Å². The number of carbonyl (C=O) groups is 1. The van der Waals surface area contributed by atoms with Crippen LogP contribution < -0.4 is 29.3 Å². The van der Waals surface area contributed by atoms with Crippen LogP contribution in [0.3, 0.4) is 0 Å². The van der Waals surface area contributed by atoms with Crippen molar-refractivity contribution in [3.63, 3.8) is 0 Å². The van der Waals surface area contributed by atoms with Crippen molar-refractivity contribution in [2.45, 2.75) is 38.5 Å². The highest BCUT2D eigenvalue weighted by Gasteiger charge is 2.54. The molecule has 0 aliphatic heterocycles. The van der Waals surface area contributed by atoms with Crippen LogP contribution in [0.2, 0.25) is 0 Å². The lowest BCUT2D eigenvalue weighted by molar-refractivity contribution is -0.869. The molecule has 0 aromatic heterocycles. The molecule has 116 valence electrons. The molecule has 0 aromatic carbocycles. The van der Waals surface area contributed by atoms with Crippen molar-refractivity contribution in [1.29, 1.82) is 0 Å². The minimum absolute atomic E-state index is 0. The van der Waals surface area contributed by atoms with Crippen molar-refractivity contribution < 1.29 is 33.3 Å². The van der Waals surface area contributed by atoms with Gasteiger partial charge >= 0.3 is 0 Å². The molecule has 4 aliphatic carbocycles. The van der Waals surface area contributed by atoms with Crippen LogP contribution in [0.25, 0.3) is 0 Å². The molecule has 0 aromatic rings. The van der Waals surface area contributed by atoms with Gasteiger partial charge in [-0.2, -0.15) is 0 Å². The van der Waals surface area contributed by atoms with Crippen molar-refractivity contribution >= 4 is 5.91 Å². The van der Waals surface area contributed by atoms with E-state index in [2.05, 4.69) is 26.5 Å². The number of nitrogens with zero attached hydrogens (tertiary/aromatic N) is 1. The Labute approximate surface area is 140 Å². The smallest absolute Gasteiger partial charge is 0.226 e. The Hall–Kier alpha value is 0.160. The Kier molecular flexibility index (Phi) is 4.75. The largest absolute Gasteiger partial charge is 1.00 e. The van der Waals surface area contributed by atoms with Gasteiger partial charge < -0.3 is 33.8 Å². The molecule has 4 rings (SSSR count). The summed E-state index contributed by atoms with van der Waals surface area (Å²) in [4.78, 5) is 12.7. The lowest BCUT2D eigenvalue weighted by Crippen LogP contribution is -3.00. The van der Waals surface area contributed by atoms with Crippen LogP contribution in [0, 0.1) is 23.2 Å². The van der Waals surface area contributed by atoms with Crippen LogP contribution >= 0.6 is 0 Å². The van der Waals surface area contributed by atoms with Gasteiger partial charge in [0.1, 0.15) is 0 Å². The fourth-order valence-corrected chi connectivity index (χ4v) is 5.08. The number of amides is 1. The maximum absolute atomic E-state index is 12.7. The molecule has 4 saturated carbocycles. The zero-order valence-electron chi connectivity index (χ0n) is 13.1. The quantitative estimate of drug-likeness (QED) is 0.484. The minimum atomic E-state index is 0. The van der Waals surface area contributed by atoms with Crippen LogP contribution in [-0.4, -0.2) is 44.6 Å². The van der Waals surface area contributed by atoms with Crippen molar-refractivity contribution in [1.82, 2.24) is 5.32 Å². The lowest BCUT2D eigenvalue weighted by atomic mass is 9.49. The average molecular weight is 392 g/mol. The highest BCUT2D eigenvalue weighted by Crippen LogP contribution is 2.60. The predicted molar refractivity (Wildman–Crippen MR) is 76.5 cm³/mol. The summed E-state index contributed by atoms with van der Waals surface area (Å²) >= 11 is 0. The SMILES string of the molecule is C[N+](C)(C)CCNC(=O)C12CC3CC(CC(C3)C1)C2.[I-]. The molecule has 0 heterocycles. The van der Waals surface area contributed by atoms with E-state index in [1.165, 1.54) is 38.5 Å². The van der Waals surface area contributed by atoms with Gasteiger partial charge in [-0.1, -0.05) is 0 Å². The van der Waals surface area contributed by atoms with Gasteiger partial charge in [-0.05, 0) is 56.3 Å². The molecule has 4 aliphatic rings. The fourth-order valence-electron chi connectivity index (χ4n) is 5.08. The Balaban J connectivity index is 0.00000147. The van der Waals surface area contributed by atoms with Crippen LogP contribution in [-0.2, 0) is 4.79 Å². The van der Waals surface area contributed by atoms with Gasteiger partial charge in [-0.25, -0.2) is 0 Å². The first-order valence-electron chi connectivity index (χ1n) is 7.95. The second kappa shape index (κ2) is 5.75. The number of hydrogen-bond donors (Lipinski definition) is 1. The molecule has 4 heteroatoms. The number of quaternary nitrogens is 1. The Morgan fingerprint density at radius 2 is 1.50 bits per heavy atom. The van der Waals surface area contributed by atoms with Gasteiger partial charge in [-0.3, -0.25) is 4.79 Å². The third-order valence-corrected chi connectivity index (χ3v) is 5.59. The zero-order chi connectivity index (χ0) is 13.7. The molecular formula is C16H29IN2O.